The number of likely N-dealkylation sites (N-methyl/N-ethyl adjacent to an activating group) is 1. The van der Waals surface area contributed by atoms with E-state index >= 15 is 0 Å². The third kappa shape index (κ3) is 4.07. The molecule has 1 aliphatic rings. The van der Waals surface area contributed by atoms with Crippen molar-refractivity contribution in [3.8, 4) is 0 Å². The van der Waals surface area contributed by atoms with Gasteiger partial charge in [-0.2, -0.15) is 0 Å². The molecule has 0 amide bonds. The summed E-state index contributed by atoms with van der Waals surface area (Å²) in [4.78, 5) is 2.18. The summed E-state index contributed by atoms with van der Waals surface area (Å²) in [6, 6.07) is 0.355. The lowest BCUT2D eigenvalue weighted by molar-refractivity contribution is -0.0292. The molecule has 0 bridgehead atoms. The number of piperidine rings is 1. The minimum absolute atomic E-state index is 0.355. The lowest BCUT2D eigenvalue weighted by Crippen LogP contribution is -2.51. The third-order valence-corrected chi connectivity index (χ3v) is 3.24. The highest BCUT2D eigenvalue weighted by atomic mass is 16.5. The Bertz CT molecular complexity index is 181. The normalized spacial score (nSPS) is 23.0. The van der Waals surface area contributed by atoms with E-state index in [0.29, 0.717) is 12.6 Å². The summed E-state index contributed by atoms with van der Waals surface area (Å²) < 4.78 is 5.11. The van der Waals surface area contributed by atoms with Crippen molar-refractivity contribution in [1.82, 2.24) is 10.2 Å². The zero-order chi connectivity index (χ0) is 11.3. The maximum absolute atomic E-state index is 10.3. The molecule has 1 rings (SSSR count). The quantitative estimate of drug-likeness (QED) is 0.682. The minimum Gasteiger partial charge on any atom is -0.388 e. The summed E-state index contributed by atoms with van der Waals surface area (Å²) in [5.74, 6) is 0. The zero-order valence-electron chi connectivity index (χ0n) is 10.1. The van der Waals surface area contributed by atoms with Crippen LogP contribution < -0.4 is 5.32 Å². The molecule has 15 heavy (non-hydrogen) atoms. The fourth-order valence-corrected chi connectivity index (χ4v) is 2.04. The number of hydrogen-bond donors (Lipinski definition) is 2. The number of hydrogen-bond acceptors (Lipinski definition) is 4. The monoisotopic (exact) mass is 216 g/mol. The summed E-state index contributed by atoms with van der Waals surface area (Å²) in [7, 11) is 3.76. The molecule has 0 aliphatic carbocycles. The molecule has 0 aromatic carbocycles. The molecule has 1 atom stereocenters. The SMILES string of the molecule is COCC(C)N(C)CC1(O)CCNCC1. The molecule has 0 aromatic rings. The Morgan fingerprint density at radius 3 is 2.60 bits per heavy atom. The number of nitrogens with one attached hydrogen (secondary N) is 1. The molecule has 1 saturated heterocycles. The molecule has 90 valence electrons. The lowest BCUT2D eigenvalue weighted by Gasteiger charge is -2.37. The molecule has 1 fully saturated rings. The van der Waals surface area contributed by atoms with Crippen LogP contribution >= 0.6 is 0 Å². The Hall–Kier alpha value is -0.160. The van der Waals surface area contributed by atoms with Crippen molar-refractivity contribution in [3.63, 3.8) is 0 Å². The number of rotatable bonds is 5. The number of aliphatic hydroxyl groups is 1. The van der Waals surface area contributed by atoms with Crippen LogP contribution in [0.15, 0.2) is 0 Å². The minimum atomic E-state index is -0.512. The predicted molar refractivity (Wildman–Crippen MR) is 61.0 cm³/mol. The molecule has 1 aliphatic heterocycles. The first-order chi connectivity index (χ1) is 7.07. The van der Waals surface area contributed by atoms with Gasteiger partial charge in [-0.3, -0.25) is 4.90 Å². The highest BCUT2D eigenvalue weighted by Crippen LogP contribution is 2.19. The Labute approximate surface area is 92.6 Å². The van der Waals surface area contributed by atoms with E-state index in [1.54, 1.807) is 7.11 Å². The van der Waals surface area contributed by atoms with Gasteiger partial charge in [-0.1, -0.05) is 0 Å². The highest BCUT2D eigenvalue weighted by molar-refractivity contribution is 4.87. The molecule has 0 radical (unpaired) electrons. The van der Waals surface area contributed by atoms with Crippen molar-refractivity contribution >= 4 is 0 Å². The maximum Gasteiger partial charge on any atom is 0.0798 e. The van der Waals surface area contributed by atoms with Gasteiger partial charge >= 0.3 is 0 Å². The van der Waals surface area contributed by atoms with Gasteiger partial charge in [-0.25, -0.2) is 0 Å². The lowest BCUT2D eigenvalue weighted by atomic mass is 9.91. The third-order valence-electron chi connectivity index (χ3n) is 3.24. The molecule has 0 spiro atoms. The Balaban J connectivity index is 2.37. The Morgan fingerprint density at radius 1 is 1.47 bits per heavy atom. The maximum atomic E-state index is 10.3. The summed E-state index contributed by atoms with van der Waals surface area (Å²) in [5.41, 5.74) is -0.512. The van der Waals surface area contributed by atoms with Crippen LogP contribution in [0.5, 0.6) is 0 Å². The van der Waals surface area contributed by atoms with Crippen LogP contribution in [0, 0.1) is 0 Å². The van der Waals surface area contributed by atoms with E-state index in [2.05, 4.69) is 17.1 Å². The van der Waals surface area contributed by atoms with Crippen molar-refractivity contribution < 1.29 is 9.84 Å². The molecule has 4 nitrogen and oxygen atoms in total. The molecule has 2 N–H and O–H groups in total. The fourth-order valence-electron chi connectivity index (χ4n) is 2.04. The molecular formula is C11H24N2O2. The van der Waals surface area contributed by atoms with E-state index in [-0.39, 0.29) is 0 Å². The van der Waals surface area contributed by atoms with E-state index < -0.39 is 5.60 Å². The zero-order valence-corrected chi connectivity index (χ0v) is 10.1. The predicted octanol–water partition coefficient (Wildman–Crippen LogP) is 0.0676. The standard InChI is InChI=1S/C11H24N2O2/c1-10(8-15-3)13(2)9-11(14)4-6-12-7-5-11/h10,12,14H,4-9H2,1-3H3. The van der Waals surface area contributed by atoms with Crippen LogP contribution in [0.1, 0.15) is 19.8 Å². The van der Waals surface area contributed by atoms with Gasteiger partial charge in [0, 0.05) is 19.7 Å². The first-order valence-electron chi connectivity index (χ1n) is 5.70. The molecule has 1 unspecified atom stereocenters. The number of methoxy groups -OCH3 is 1. The Morgan fingerprint density at radius 2 is 2.07 bits per heavy atom. The van der Waals surface area contributed by atoms with Crippen LogP contribution in [0.4, 0.5) is 0 Å². The van der Waals surface area contributed by atoms with Crippen LogP contribution in [0.2, 0.25) is 0 Å². The van der Waals surface area contributed by atoms with Gasteiger partial charge in [0.05, 0.1) is 12.2 Å². The van der Waals surface area contributed by atoms with Gasteiger partial charge in [0.15, 0.2) is 0 Å². The average molecular weight is 216 g/mol. The van der Waals surface area contributed by atoms with Crippen molar-refractivity contribution in [2.45, 2.75) is 31.4 Å². The van der Waals surface area contributed by atoms with E-state index in [9.17, 15) is 5.11 Å². The number of ether oxygens (including phenoxy) is 1. The second-order valence-electron chi connectivity index (χ2n) is 4.69. The first kappa shape index (κ1) is 12.9. The van der Waals surface area contributed by atoms with Gasteiger partial charge in [-0.05, 0) is 39.9 Å². The smallest absolute Gasteiger partial charge is 0.0798 e. The van der Waals surface area contributed by atoms with Crippen molar-refractivity contribution in [3.05, 3.63) is 0 Å². The Kier molecular flexibility index (Phi) is 4.99. The van der Waals surface area contributed by atoms with Crippen LogP contribution in [0.25, 0.3) is 0 Å². The first-order valence-corrected chi connectivity index (χ1v) is 5.70. The molecule has 0 saturated carbocycles. The summed E-state index contributed by atoms with van der Waals surface area (Å²) in [6.07, 6.45) is 1.69. The van der Waals surface area contributed by atoms with E-state index in [0.717, 1.165) is 32.5 Å². The topological polar surface area (TPSA) is 44.7 Å². The largest absolute Gasteiger partial charge is 0.388 e. The van der Waals surface area contributed by atoms with Crippen LogP contribution in [-0.4, -0.2) is 62.0 Å². The summed E-state index contributed by atoms with van der Waals surface area (Å²) in [5, 5.41) is 13.6. The summed E-state index contributed by atoms with van der Waals surface area (Å²) in [6.45, 7) is 5.41. The average Bonchev–Trinajstić information content (AvgIpc) is 2.18. The van der Waals surface area contributed by atoms with E-state index in [1.165, 1.54) is 0 Å². The van der Waals surface area contributed by atoms with Gasteiger partial charge in [-0.15, -0.1) is 0 Å². The van der Waals surface area contributed by atoms with Crippen molar-refractivity contribution in [2.75, 3.05) is 40.4 Å². The fraction of sp³-hybridized carbons (Fsp3) is 1.00. The van der Waals surface area contributed by atoms with Crippen molar-refractivity contribution in [1.29, 1.82) is 0 Å². The van der Waals surface area contributed by atoms with Gasteiger partial charge in [0.2, 0.25) is 0 Å². The van der Waals surface area contributed by atoms with E-state index in [4.69, 9.17) is 4.74 Å². The number of nitrogens with zero attached hydrogens (tertiary/aromatic N) is 1. The van der Waals surface area contributed by atoms with Gasteiger partial charge < -0.3 is 15.2 Å². The van der Waals surface area contributed by atoms with E-state index in [1.807, 2.05) is 7.05 Å². The molecule has 0 aromatic heterocycles. The highest BCUT2D eigenvalue weighted by Gasteiger charge is 2.31. The van der Waals surface area contributed by atoms with Crippen LogP contribution in [-0.2, 0) is 4.74 Å². The van der Waals surface area contributed by atoms with Crippen molar-refractivity contribution in [2.24, 2.45) is 0 Å². The molecule has 1 heterocycles. The molecule has 4 heteroatoms. The second kappa shape index (κ2) is 5.80. The second-order valence-corrected chi connectivity index (χ2v) is 4.69. The van der Waals surface area contributed by atoms with Crippen LogP contribution in [0.3, 0.4) is 0 Å². The summed E-state index contributed by atoms with van der Waals surface area (Å²) >= 11 is 0. The van der Waals surface area contributed by atoms with Gasteiger partial charge in [0.25, 0.3) is 0 Å². The molecular weight excluding hydrogens is 192 g/mol. The van der Waals surface area contributed by atoms with Gasteiger partial charge in [0.1, 0.15) is 0 Å².